The fourth-order valence-electron chi connectivity index (χ4n) is 3.67. The van der Waals surface area contributed by atoms with E-state index in [1.807, 2.05) is 12.1 Å². The van der Waals surface area contributed by atoms with Crippen LogP contribution in [0.4, 0.5) is 5.69 Å². The first-order valence-electron chi connectivity index (χ1n) is 7.33. The Morgan fingerprint density at radius 2 is 2.05 bits per heavy atom. The molecule has 0 saturated carbocycles. The van der Waals surface area contributed by atoms with E-state index in [-0.39, 0.29) is 0 Å². The van der Waals surface area contributed by atoms with Crippen molar-refractivity contribution in [1.29, 1.82) is 5.26 Å². The van der Waals surface area contributed by atoms with Crippen LogP contribution in [0, 0.1) is 17.2 Å². The summed E-state index contributed by atoms with van der Waals surface area (Å²) in [6, 6.07) is 9.10. The van der Waals surface area contributed by atoms with E-state index in [0.29, 0.717) is 10.6 Å². The van der Waals surface area contributed by atoms with E-state index >= 15 is 0 Å². The van der Waals surface area contributed by atoms with E-state index in [1.54, 1.807) is 6.07 Å². The Morgan fingerprint density at radius 3 is 2.65 bits per heavy atom. The minimum atomic E-state index is 0.609. The largest absolute Gasteiger partial charge is 0.384 e. The van der Waals surface area contributed by atoms with Gasteiger partial charge in [-0.15, -0.1) is 0 Å². The molecule has 0 spiro atoms. The lowest BCUT2D eigenvalue weighted by Crippen LogP contribution is -2.41. The zero-order chi connectivity index (χ0) is 14.1. The molecule has 1 aromatic rings. The van der Waals surface area contributed by atoms with E-state index in [1.165, 1.54) is 25.7 Å². The number of nitrogens with zero attached hydrogens (tertiary/aromatic N) is 2. The predicted molar refractivity (Wildman–Crippen MR) is 82.0 cm³/mol. The third-order valence-corrected chi connectivity index (χ3v) is 5.19. The molecule has 0 amide bonds. The Balaban J connectivity index is 1.59. The molecule has 1 N–H and O–H groups in total. The first-order chi connectivity index (χ1) is 9.67. The SMILES string of the molecule is CN1C2CCC1CC(CNc1ccc(C#N)cc1Cl)C2. The molecule has 2 fully saturated rings. The highest BCUT2D eigenvalue weighted by atomic mass is 35.5. The van der Waals surface area contributed by atoms with Crippen LogP contribution < -0.4 is 5.32 Å². The van der Waals surface area contributed by atoms with Gasteiger partial charge in [0.05, 0.1) is 22.3 Å². The quantitative estimate of drug-likeness (QED) is 0.926. The molecule has 1 aromatic carbocycles. The van der Waals surface area contributed by atoms with Crippen LogP contribution in [0.1, 0.15) is 31.2 Å². The number of hydrogen-bond donors (Lipinski definition) is 1. The molecule has 0 radical (unpaired) electrons. The summed E-state index contributed by atoms with van der Waals surface area (Å²) in [6.45, 7) is 0.979. The van der Waals surface area contributed by atoms with Crippen molar-refractivity contribution >= 4 is 17.3 Å². The average Bonchev–Trinajstić information content (AvgIpc) is 2.67. The highest BCUT2D eigenvalue weighted by Gasteiger charge is 2.38. The van der Waals surface area contributed by atoms with Gasteiger partial charge >= 0.3 is 0 Å². The van der Waals surface area contributed by atoms with Gasteiger partial charge in [0.25, 0.3) is 0 Å². The molecule has 2 bridgehead atoms. The fraction of sp³-hybridized carbons (Fsp3) is 0.562. The third kappa shape index (κ3) is 2.63. The van der Waals surface area contributed by atoms with E-state index in [9.17, 15) is 0 Å². The molecule has 0 aliphatic carbocycles. The Bertz CT molecular complexity index is 523. The molecule has 2 atom stereocenters. The minimum Gasteiger partial charge on any atom is -0.384 e. The summed E-state index contributed by atoms with van der Waals surface area (Å²) in [4.78, 5) is 2.56. The summed E-state index contributed by atoms with van der Waals surface area (Å²) in [6.07, 6.45) is 5.28. The Labute approximate surface area is 125 Å². The van der Waals surface area contributed by atoms with Crippen molar-refractivity contribution < 1.29 is 0 Å². The van der Waals surface area contributed by atoms with Crippen molar-refractivity contribution in [1.82, 2.24) is 4.90 Å². The maximum atomic E-state index is 8.84. The lowest BCUT2D eigenvalue weighted by Gasteiger charge is -2.36. The van der Waals surface area contributed by atoms with Crippen LogP contribution >= 0.6 is 11.6 Å². The molecule has 2 saturated heterocycles. The van der Waals surface area contributed by atoms with Crippen LogP contribution in [0.25, 0.3) is 0 Å². The average molecular weight is 290 g/mol. The number of benzene rings is 1. The second-order valence-electron chi connectivity index (χ2n) is 6.08. The maximum absolute atomic E-state index is 8.84. The van der Waals surface area contributed by atoms with Crippen LogP contribution in [-0.2, 0) is 0 Å². The van der Waals surface area contributed by atoms with E-state index in [0.717, 1.165) is 30.2 Å². The number of nitriles is 1. The van der Waals surface area contributed by atoms with E-state index < -0.39 is 0 Å². The van der Waals surface area contributed by atoms with Crippen molar-refractivity contribution in [2.75, 3.05) is 18.9 Å². The number of piperidine rings is 1. The lowest BCUT2D eigenvalue weighted by molar-refractivity contribution is 0.139. The van der Waals surface area contributed by atoms with Gasteiger partial charge in [-0.2, -0.15) is 5.26 Å². The van der Waals surface area contributed by atoms with Crippen LogP contribution in [0.2, 0.25) is 5.02 Å². The molecule has 2 aliphatic heterocycles. The number of nitrogens with one attached hydrogen (secondary N) is 1. The summed E-state index contributed by atoms with van der Waals surface area (Å²) >= 11 is 6.20. The molecule has 20 heavy (non-hydrogen) atoms. The van der Waals surface area contributed by atoms with Gasteiger partial charge in [-0.05, 0) is 56.8 Å². The van der Waals surface area contributed by atoms with Crippen molar-refractivity contribution in [3.05, 3.63) is 28.8 Å². The molecule has 0 aromatic heterocycles. The summed E-state index contributed by atoms with van der Waals surface area (Å²) in [5, 5.41) is 12.9. The first kappa shape index (κ1) is 13.7. The van der Waals surface area contributed by atoms with Gasteiger partial charge in [0, 0.05) is 18.6 Å². The minimum absolute atomic E-state index is 0.609. The van der Waals surface area contributed by atoms with E-state index in [4.69, 9.17) is 16.9 Å². The zero-order valence-electron chi connectivity index (χ0n) is 11.8. The van der Waals surface area contributed by atoms with Crippen molar-refractivity contribution in [2.45, 2.75) is 37.8 Å². The molecule has 3 rings (SSSR count). The Morgan fingerprint density at radius 1 is 1.35 bits per heavy atom. The van der Waals surface area contributed by atoms with Crippen molar-refractivity contribution in [3.8, 4) is 6.07 Å². The van der Waals surface area contributed by atoms with Gasteiger partial charge in [0.1, 0.15) is 0 Å². The standard InChI is InChI=1S/C16H20ClN3/c1-20-13-3-4-14(20)7-12(6-13)10-19-16-5-2-11(9-18)8-15(16)17/h2,5,8,12-14,19H,3-4,6-7,10H2,1H3. The number of halogens is 1. The molecule has 4 heteroatoms. The summed E-state index contributed by atoms with van der Waals surface area (Å²) < 4.78 is 0. The zero-order valence-corrected chi connectivity index (χ0v) is 12.5. The maximum Gasteiger partial charge on any atom is 0.0992 e. The lowest BCUT2D eigenvalue weighted by atomic mass is 9.91. The van der Waals surface area contributed by atoms with Crippen LogP contribution in [0.15, 0.2) is 18.2 Å². The van der Waals surface area contributed by atoms with Crippen LogP contribution in [0.5, 0.6) is 0 Å². The molecule has 3 nitrogen and oxygen atoms in total. The number of fused-ring (bicyclic) bond motifs is 2. The fourth-order valence-corrected chi connectivity index (χ4v) is 3.92. The molecule has 2 heterocycles. The normalized spacial score (nSPS) is 29.1. The van der Waals surface area contributed by atoms with Gasteiger partial charge in [0.2, 0.25) is 0 Å². The molecular weight excluding hydrogens is 270 g/mol. The summed E-state index contributed by atoms with van der Waals surface area (Å²) in [7, 11) is 2.27. The van der Waals surface area contributed by atoms with Crippen LogP contribution in [0.3, 0.4) is 0 Å². The third-order valence-electron chi connectivity index (χ3n) is 4.88. The van der Waals surface area contributed by atoms with Gasteiger partial charge in [-0.25, -0.2) is 0 Å². The topological polar surface area (TPSA) is 39.1 Å². The Kier molecular flexibility index (Phi) is 3.87. The smallest absolute Gasteiger partial charge is 0.0992 e. The van der Waals surface area contributed by atoms with Crippen molar-refractivity contribution in [3.63, 3.8) is 0 Å². The van der Waals surface area contributed by atoms with Crippen LogP contribution in [-0.4, -0.2) is 30.6 Å². The van der Waals surface area contributed by atoms with E-state index in [2.05, 4.69) is 23.3 Å². The second-order valence-corrected chi connectivity index (χ2v) is 6.48. The van der Waals surface area contributed by atoms with Gasteiger partial charge in [-0.1, -0.05) is 11.6 Å². The first-order valence-corrected chi connectivity index (χ1v) is 7.70. The second kappa shape index (κ2) is 5.63. The number of anilines is 1. The summed E-state index contributed by atoms with van der Waals surface area (Å²) in [5.74, 6) is 0.732. The van der Waals surface area contributed by atoms with Gasteiger partial charge in [0.15, 0.2) is 0 Å². The van der Waals surface area contributed by atoms with Gasteiger partial charge < -0.3 is 10.2 Å². The highest BCUT2D eigenvalue weighted by Crippen LogP contribution is 2.37. The monoisotopic (exact) mass is 289 g/mol. The summed E-state index contributed by atoms with van der Waals surface area (Å²) in [5.41, 5.74) is 1.55. The molecule has 106 valence electrons. The van der Waals surface area contributed by atoms with Crippen molar-refractivity contribution in [2.24, 2.45) is 5.92 Å². The van der Waals surface area contributed by atoms with Gasteiger partial charge in [-0.3, -0.25) is 0 Å². The molecule has 2 aliphatic rings. The highest BCUT2D eigenvalue weighted by molar-refractivity contribution is 6.33. The number of hydrogen-bond acceptors (Lipinski definition) is 3. The predicted octanol–water partition coefficient (Wildman–Crippen LogP) is 3.50. The number of rotatable bonds is 3. The molecular formula is C16H20ClN3. The Hall–Kier alpha value is -1.24. The molecule has 2 unspecified atom stereocenters.